The molecule has 0 aromatic carbocycles. The lowest BCUT2D eigenvalue weighted by molar-refractivity contribution is -0.129. The van der Waals surface area contributed by atoms with E-state index in [-0.39, 0.29) is 16.5 Å². The molecule has 2 N–H and O–H groups in total. The predicted molar refractivity (Wildman–Crippen MR) is 60.1 cm³/mol. The highest BCUT2D eigenvalue weighted by molar-refractivity contribution is 6.46. The highest BCUT2D eigenvalue weighted by atomic mass is 35.5. The number of anilines is 1. The van der Waals surface area contributed by atoms with Gasteiger partial charge < -0.3 is 15.3 Å². The van der Waals surface area contributed by atoms with Crippen molar-refractivity contribution < 1.29 is 19.5 Å². The molecule has 0 saturated carbocycles. The molecule has 0 bridgehead atoms. The predicted octanol–water partition coefficient (Wildman–Crippen LogP) is 0.738. The van der Waals surface area contributed by atoms with Crippen LogP contribution in [0.3, 0.4) is 0 Å². The lowest BCUT2D eigenvalue weighted by Gasteiger charge is -2.05. The molecule has 0 aliphatic heterocycles. The van der Waals surface area contributed by atoms with Gasteiger partial charge in [-0.3, -0.25) is 4.79 Å². The lowest BCUT2D eigenvalue weighted by atomic mass is 10.2. The number of carboxylic acid groups (broad SMARTS) is 1. The Hall–Kier alpha value is -2.15. The standard InChI is InChI=1S/C9H8ClN3O4/c1-17-13-8(9(15)16)7-5(10)2-3-6(12-7)11-4-14/h2-4H,1H3,(H,15,16)(H,11,12,14)/b13-8-. The summed E-state index contributed by atoms with van der Waals surface area (Å²) in [6.07, 6.45) is 0.411. The molecule has 1 amide bonds. The molecule has 7 nitrogen and oxygen atoms in total. The number of hydrogen-bond donors (Lipinski definition) is 2. The molecule has 0 fully saturated rings. The fourth-order valence-electron chi connectivity index (χ4n) is 1.02. The minimum atomic E-state index is -1.34. The van der Waals surface area contributed by atoms with Gasteiger partial charge in [-0.05, 0) is 12.1 Å². The molecule has 8 heteroatoms. The normalized spacial score (nSPS) is 10.8. The summed E-state index contributed by atoms with van der Waals surface area (Å²) < 4.78 is 0. The second-order valence-corrected chi connectivity index (χ2v) is 3.12. The van der Waals surface area contributed by atoms with Gasteiger partial charge in [0.05, 0.1) is 5.02 Å². The summed E-state index contributed by atoms with van der Waals surface area (Å²) in [5.74, 6) is -1.19. The van der Waals surface area contributed by atoms with Gasteiger partial charge in [-0.15, -0.1) is 0 Å². The number of rotatable bonds is 5. The number of aliphatic carboxylic acids is 1. The van der Waals surface area contributed by atoms with E-state index in [1.54, 1.807) is 0 Å². The molecule has 1 rings (SSSR count). The van der Waals surface area contributed by atoms with Gasteiger partial charge in [0.2, 0.25) is 12.1 Å². The Kier molecular flexibility index (Phi) is 4.41. The van der Waals surface area contributed by atoms with Crippen LogP contribution in [-0.4, -0.2) is 35.3 Å². The fourth-order valence-corrected chi connectivity index (χ4v) is 1.22. The number of halogens is 1. The Balaban J connectivity index is 3.26. The summed E-state index contributed by atoms with van der Waals surface area (Å²) in [4.78, 5) is 29.4. The van der Waals surface area contributed by atoms with Crippen LogP contribution < -0.4 is 5.32 Å². The third-order valence-corrected chi connectivity index (χ3v) is 1.97. The number of pyridine rings is 1. The van der Waals surface area contributed by atoms with E-state index in [0.717, 1.165) is 0 Å². The highest BCUT2D eigenvalue weighted by Gasteiger charge is 2.19. The van der Waals surface area contributed by atoms with Crippen LogP contribution in [0.25, 0.3) is 0 Å². The Morgan fingerprint density at radius 1 is 1.65 bits per heavy atom. The summed E-state index contributed by atoms with van der Waals surface area (Å²) in [5, 5.41) is 14.6. The van der Waals surface area contributed by atoms with Crippen LogP contribution in [0.2, 0.25) is 5.02 Å². The maximum atomic E-state index is 10.9. The first-order chi connectivity index (χ1) is 8.10. The molecule has 1 heterocycles. The zero-order valence-corrected chi connectivity index (χ0v) is 9.43. The number of amides is 1. The summed E-state index contributed by atoms with van der Waals surface area (Å²) >= 11 is 5.79. The minimum Gasteiger partial charge on any atom is -0.476 e. The van der Waals surface area contributed by atoms with Crippen molar-refractivity contribution in [2.75, 3.05) is 12.4 Å². The monoisotopic (exact) mass is 257 g/mol. The Morgan fingerprint density at radius 3 is 2.88 bits per heavy atom. The van der Waals surface area contributed by atoms with Crippen LogP contribution in [0.1, 0.15) is 5.69 Å². The van der Waals surface area contributed by atoms with E-state index in [1.807, 2.05) is 0 Å². The van der Waals surface area contributed by atoms with Crippen LogP contribution in [0.5, 0.6) is 0 Å². The molecule has 90 valence electrons. The second-order valence-electron chi connectivity index (χ2n) is 2.72. The maximum Gasteiger partial charge on any atom is 0.360 e. The van der Waals surface area contributed by atoms with Crippen molar-refractivity contribution in [2.45, 2.75) is 0 Å². The molecule has 0 saturated heterocycles. The third kappa shape index (κ3) is 3.15. The van der Waals surface area contributed by atoms with Crippen molar-refractivity contribution in [3.8, 4) is 0 Å². The number of nitrogens with zero attached hydrogens (tertiary/aromatic N) is 2. The number of carbonyl (C=O) groups is 2. The third-order valence-electron chi connectivity index (χ3n) is 1.66. The molecule has 0 atom stereocenters. The molecule has 0 spiro atoms. The molecule has 1 aromatic heterocycles. The lowest BCUT2D eigenvalue weighted by Crippen LogP contribution is -2.17. The van der Waals surface area contributed by atoms with E-state index in [9.17, 15) is 9.59 Å². The molecule has 0 unspecified atom stereocenters. The summed E-state index contributed by atoms with van der Waals surface area (Å²) in [7, 11) is 1.20. The first-order valence-corrected chi connectivity index (χ1v) is 4.69. The number of hydrogen-bond acceptors (Lipinski definition) is 5. The van der Waals surface area contributed by atoms with Gasteiger partial charge in [0.15, 0.2) is 0 Å². The van der Waals surface area contributed by atoms with E-state index >= 15 is 0 Å². The Labute approximate surface area is 101 Å². The number of carbonyl (C=O) groups excluding carboxylic acids is 1. The number of oxime groups is 1. The van der Waals surface area contributed by atoms with Gasteiger partial charge in [-0.1, -0.05) is 16.8 Å². The smallest absolute Gasteiger partial charge is 0.360 e. The van der Waals surface area contributed by atoms with Crippen LogP contribution in [-0.2, 0) is 14.4 Å². The van der Waals surface area contributed by atoms with Crippen LogP contribution in [0.4, 0.5) is 5.82 Å². The highest BCUT2D eigenvalue weighted by Crippen LogP contribution is 2.17. The zero-order chi connectivity index (χ0) is 12.8. The first kappa shape index (κ1) is 12.9. The molecule has 1 aromatic rings. The average Bonchev–Trinajstić information content (AvgIpc) is 2.29. The van der Waals surface area contributed by atoms with Gasteiger partial charge in [0.25, 0.3) is 0 Å². The van der Waals surface area contributed by atoms with E-state index in [1.165, 1.54) is 19.2 Å². The number of aromatic nitrogens is 1. The molecule has 0 radical (unpaired) electrons. The van der Waals surface area contributed by atoms with Gasteiger partial charge >= 0.3 is 5.97 Å². The maximum absolute atomic E-state index is 10.9. The summed E-state index contributed by atoms with van der Waals surface area (Å²) in [5.41, 5.74) is -0.542. The average molecular weight is 258 g/mol. The van der Waals surface area contributed by atoms with E-state index in [2.05, 4.69) is 20.3 Å². The molecule has 0 aliphatic rings. The van der Waals surface area contributed by atoms with Gasteiger partial charge in [0.1, 0.15) is 18.6 Å². The first-order valence-electron chi connectivity index (χ1n) is 4.31. The van der Waals surface area contributed by atoms with Gasteiger partial charge in [-0.25, -0.2) is 9.78 Å². The van der Waals surface area contributed by atoms with Crippen LogP contribution >= 0.6 is 11.6 Å². The van der Waals surface area contributed by atoms with E-state index < -0.39 is 11.7 Å². The number of nitrogens with one attached hydrogen (secondary N) is 1. The fraction of sp³-hybridized carbons (Fsp3) is 0.111. The van der Waals surface area contributed by atoms with Gasteiger partial charge in [0, 0.05) is 0 Å². The Morgan fingerprint density at radius 2 is 2.35 bits per heavy atom. The van der Waals surface area contributed by atoms with Gasteiger partial charge in [-0.2, -0.15) is 0 Å². The quantitative estimate of drug-likeness (QED) is 0.460. The summed E-state index contributed by atoms with van der Waals surface area (Å²) in [6.45, 7) is 0. The summed E-state index contributed by atoms with van der Waals surface area (Å²) in [6, 6.07) is 2.82. The molecule has 17 heavy (non-hydrogen) atoms. The SMILES string of the molecule is CO/N=C(\C(=O)O)c1nc(NC=O)ccc1Cl. The number of carboxylic acids is 1. The van der Waals surface area contributed by atoms with E-state index in [4.69, 9.17) is 16.7 Å². The van der Waals surface area contributed by atoms with E-state index in [0.29, 0.717) is 6.41 Å². The topological polar surface area (TPSA) is 101 Å². The van der Waals surface area contributed by atoms with Crippen molar-refractivity contribution >= 4 is 35.5 Å². The molecule has 0 aliphatic carbocycles. The molecular weight excluding hydrogens is 250 g/mol. The van der Waals surface area contributed by atoms with Crippen molar-refractivity contribution in [3.63, 3.8) is 0 Å². The van der Waals surface area contributed by atoms with Crippen LogP contribution in [0.15, 0.2) is 17.3 Å². The minimum absolute atomic E-state index is 0.0830. The zero-order valence-electron chi connectivity index (χ0n) is 8.68. The molecular formula is C9H8ClN3O4. The van der Waals surface area contributed by atoms with Crippen molar-refractivity contribution in [3.05, 3.63) is 22.8 Å². The van der Waals surface area contributed by atoms with Crippen LogP contribution in [0, 0.1) is 0 Å². The second kappa shape index (κ2) is 5.80. The van der Waals surface area contributed by atoms with Crippen molar-refractivity contribution in [1.29, 1.82) is 0 Å². The largest absolute Gasteiger partial charge is 0.476 e. The van der Waals surface area contributed by atoms with Crippen molar-refractivity contribution in [2.24, 2.45) is 5.16 Å². The van der Waals surface area contributed by atoms with Crippen molar-refractivity contribution in [1.82, 2.24) is 4.98 Å². The Bertz CT molecular complexity index is 475.